The van der Waals surface area contributed by atoms with Crippen LogP contribution in [0.15, 0.2) is 23.4 Å². The Morgan fingerprint density at radius 3 is 3.25 bits per heavy atom. The molecule has 0 atom stereocenters. The molecule has 1 aromatic heterocycles. The minimum Gasteiger partial charge on any atom is -0.481 e. The topological polar surface area (TPSA) is 70.9 Å². The van der Waals surface area contributed by atoms with Crippen LogP contribution >= 0.6 is 0 Å². The maximum Gasteiger partial charge on any atom is 0.213 e. The smallest absolute Gasteiger partial charge is 0.213 e. The van der Waals surface area contributed by atoms with Gasteiger partial charge in [-0.2, -0.15) is 0 Å². The van der Waals surface area contributed by atoms with Crippen LogP contribution in [0.25, 0.3) is 10.4 Å². The van der Waals surface area contributed by atoms with Crippen LogP contribution in [0, 0.1) is 0 Å². The summed E-state index contributed by atoms with van der Waals surface area (Å²) < 4.78 is 4.89. The lowest BCUT2D eigenvalue weighted by atomic mass is 10.3. The maximum atomic E-state index is 8.07. The maximum absolute atomic E-state index is 8.07. The third-order valence-electron chi connectivity index (χ3n) is 1.32. The van der Waals surface area contributed by atoms with E-state index >= 15 is 0 Å². The fraction of sp³-hybridized carbons (Fsp3) is 0.286. The summed E-state index contributed by atoms with van der Waals surface area (Å²) in [6.07, 6.45) is 1.61. The Hall–Kier alpha value is -1.74. The Morgan fingerprint density at radius 2 is 2.58 bits per heavy atom. The van der Waals surface area contributed by atoms with Crippen molar-refractivity contribution in [1.82, 2.24) is 4.98 Å². The van der Waals surface area contributed by atoms with Crippen molar-refractivity contribution in [2.45, 2.75) is 6.54 Å². The molecule has 0 saturated carbocycles. The van der Waals surface area contributed by atoms with Gasteiger partial charge >= 0.3 is 0 Å². The highest BCUT2D eigenvalue weighted by Crippen LogP contribution is 2.09. The molecule has 0 unspecified atom stereocenters. The van der Waals surface area contributed by atoms with E-state index < -0.39 is 0 Å². The van der Waals surface area contributed by atoms with Gasteiger partial charge in [0.25, 0.3) is 0 Å². The first-order valence-corrected chi connectivity index (χ1v) is 3.36. The molecule has 0 spiro atoms. The van der Waals surface area contributed by atoms with Gasteiger partial charge in [0.05, 0.1) is 13.7 Å². The summed E-state index contributed by atoms with van der Waals surface area (Å²) in [4.78, 5) is 6.56. The van der Waals surface area contributed by atoms with Gasteiger partial charge in [0.1, 0.15) is 0 Å². The Kier molecular flexibility index (Phi) is 2.93. The summed E-state index contributed by atoms with van der Waals surface area (Å²) in [5.41, 5.74) is 8.95. The van der Waals surface area contributed by atoms with E-state index in [0.29, 0.717) is 12.4 Å². The summed E-state index contributed by atoms with van der Waals surface area (Å²) >= 11 is 0. The Morgan fingerprint density at radius 1 is 1.75 bits per heavy atom. The third-order valence-corrected chi connectivity index (χ3v) is 1.32. The highest BCUT2D eigenvalue weighted by molar-refractivity contribution is 5.20. The number of methoxy groups -OCH3 is 1. The molecule has 0 aliphatic heterocycles. The molecule has 0 radical (unpaired) electrons. The number of azide groups is 1. The molecule has 1 heterocycles. The van der Waals surface area contributed by atoms with Crippen molar-refractivity contribution in [1.29, 1.82) is 0 Å². The van der Waals surface area contributed by atoms with Gasteiger partial charge in [-0.15, -0.1) is 0 Å². The molecule has 0 aliphatic carbocycles. The molecule has 62 valence electrons. The average Bonchev–Trinajstić information content (AvgIpc) is 2.15. The van der Waals surface area contributed by atoms with Crippen molar-refractivity contribution in [3.05, 3.63) is 34.3 Å². The molecule has 0 aromatic carbocycles. The van der Waals surface area contributed by atoms with Gasteiger partial charge in [0.15, 0.2) is 0 Å². The van der Waals surface area contributed by atoms with E-state index in [0.717, 1.165) is 5.56 Å². The van der Waals surface area contributed by atoms with Gasteiger partial charge in [0.2, 0.25) is 5.88 Å². The van der Waals surface area contributed by atoms with Gasteiger partial charge in [-0.1, -0.05) is 5.11 Å². The first-order chi connectivity index (χ1) is 5.86. The summed E-state index contributed by atoms with van der Waals surface area (Å²) in [7, 11) is 1.54. The number of nitrogens with zero attached hydrogens (tertiary/aromatic N) is 4. The fourth-order valence-corrected chi connectivity index (χ4v) is 0.774. The molecule has 0 fully saturated rings. The second-order valence-electron chi connectivity index (χ2n) is 2.10. The van der Waals surface area contributed by atoms with Crippen LogP contribution in [-0.4, -0.2) is 12.1 Å². The van der Waals surface area contributed by atoms with E-state index in [1.54, 1.807) is 25.4 Å². The summed E-state index contributed by atoms with van der Waals surface area (Å²) in [6, 6.07) is 3.51. The molecule has 0 N–H and O–H groups in total. The first kappa shape index (κ1) is 8.36. The zero-order chi connectivity index (χ0) is 8.81. The van der Waals surface area contributed by atoms with Gasteiger partial charge in [0, 0.05) is 17.2 Å². The fourth-order valence-electron chi connectivity index (χ4n) is 0.774. The summed E-state index contributed by atoms with van der Waals surface area (Å²) in [6.45, 7) is 0.329. The Labute approximate surface area is 69.6 Å². The van der Waals surface area contributed by atoms with E-state index in [9.17, 15) is 0 Å². The number of hydrogen-bond acceptors (Lipinski definition) is 3. The predicted octanol–water partition coefficient (Wildman–Crippen LogP) is 1.90. The van der Waals surface area contributed by atoms with E-state index in [2.05, 4.69) is 15.0 Å². The standard InChI is InChI=1S/C7H8N4O/c1-12-7-4-6(2-3-9-7)5-10-11-8/h2-4H,5H2,1H3. The number of aromatic nitrogens is 1. The van der Waals surface area contributed by atoms with E-state index in [1.165, 1.54) is 0 Å². The molecular formula is C7H8N4O. The lowest BCUT2D eigenvalue weighted by Crippen LogP contribution is -1.88. The molecule has 0 saturated heterocycles. The minimum atomic E-state index is 0.329. The molecule has 0 bridgehead atoms. The second kappa shape index (κ2) is 4.20. The van der Waals surface area contributed by atoms with Gasteiger partial charge in [-0.3, -0.25) is 0 Å². The van der Waals surface area contributed by atoms with Crippen molar-refractivity contribution < 1.29 is 4.74 Å². The van der Waals surface area contributed by atoms with Crippen molar-refractivity contribution in [3.63, 3.8) is 0 Å². The van der Waals surface area contributed by atoms with Crippen LogP contribution in [-0.2, 0) is 6.54 Å². The third kappa shape index (κ3) is 2.14. The highest BCUT2D eigenvalue weighted by Gasteiger charge is 1.93. The Bertz CT molecular complexity index is 306. The van der Waals surface area contributed by atoms with Gasteiger partial charge < -0.3 is 4.74 Å². The van der Waals surface area contributed by atoms with Crippen LogP contribution in [0.2, 0.25) is 0 Å². The van der Waals surface area contributed by atoms with Crippen LogP contribution in [0.1, 0.15) is 5.56 Å². The minimum absolute atomic E-state index is 0.329. The molecule has 0 aliphatic rings. The van der Waals surface area contributed by atoms with Crippen molar-refractivity contribution in [2.75, 3.05) is 7.11 Å². The van der Waals surface area contributed by atoms with E-state index in [4.69, 9.17) is 10.3 Å². The SMILES string of the molecule is COc1cc(CN=[N+]=[N-])ccn1. The lowest BCUT2D eigenvalue weighted by molar-refractivity contribution is 0.397. The molecule has 12 heavy (non-hydrogen) atoms. The average molecular weight is 164 g/mol. The van der Waals surface area contributed by atoms with Crippen LogP contribution < -0.4 is 4.74 Å². The molecule has 0 amide bonds. The highest BCUT2D eigenvalue weighted by atomic mass is 16.5. The van der Waals surface area contributed by atoms with Crippen molar-refractivity contribution >= 4 is 0 Å². The molecule has 5 heteroatoms. The van der Waals surface area contributed by atoms with Gasteiger partial charge in [-0.25, -0.2) is 4.98 Å². The van der Waals surface area contributed by atoms with E-state index in [-0.39, 0.29) is 0 Å². The number of hydrogen-bond donors (Lipinski definition) is 0. The summed E-state index contributed by atoms with van der Waals surface area (Å²) in [5, 5.41) is 3.41. The molecule has 1 rings (SSSR count). The van der Waals surface area contributed by atoms with Gasteiger partial charge in [-0.05, 0) is 17.2 Å². The number of rotatable bonds is 3. The molecule has 1 aromatic rings. The Balaban J connectivity index is 2.78. The quantitative estimate of drug-likeness (QED) is 0.389. The van der Waals surface area contributed by atoms with E-state index in [1.807, 2.05) is 0 Å². The van der Waals surface area contributed by atoms with Crippen LogP contribution in [0.5, 0.6) is 5.88 Å². The summed E-state index contributed by atoms with van der Waals surface area (Å²) in [5.74, 6) is 0.528. The first-order valence-electron chi connectivity index (χ1n) is 3.36. The number of ether oxygens (including phenoxy) is 1. The normalized spacial score (nSPS) is 8.75. The monoisotopic (exact) mass is 164 g/mol. The number of pyridine rings is 1. The molecular weight excluding hydrogens is 156 g/mol. The van der Waals surface area contributed by atoms with Crippen LogP contribution in [0.3, 0.4) is 0 Å². The zero-order valence-corrected chi connectivity index (χ0v) is 6.64. The molecule has 5 nitrogen and oxygen atoms in total. The van der Waals surface area contributed by atoms with Crippen LogP contribution in [0.4, 0.5) is 0 Å². The lowest BCUT2D eigenvalue weighted by Gasteiger charge is -1.99. The zero-order valence-electron chi connectivity index (χ0n) is 6.64. The second-order valence-corrected chi connectivity index (χ2v) is 2.10. The van der Waals surface area contributed by atoms with Crippen molar-refractivity contribution in [2.24, 2.45) is 5.11 Å². The largest absolute Gasteiger partial charge is 0.481 e. The van der Waals surface area contributed by atoms with Crippen molar-refractivity contribution in [3.8, 4) is 5.88 Å². The predicted molar refractivity (Wildman–Crippen MR) is 43.6 cm³/mol.